The maximum absolute atomic E-state index is 14.5. The molecular formula is C57H84O10Si. The molecule has 6 heterocycles. The average molecular weight is 957 g/mol. The van der Waals surface area contributed by atoms with Crippen LogP contribution in [0.3, 0.4) is 0 Å². The van der Waals surface area contributed by atoms with Crippen LogP contribution in [-0.2, 0) is 47.1 Å². The van der Waals surface area contributed by atoms with Crippen LogP contribution in [0, 0.1) is 17.8 Å². The molecule has 9 rings (SSSR count). The summed E-state index contributed by atoms with van der Waals surface area (Å²) in [5.41, 5.74) is 1.15. The Bertz CT molecular complexity index is 1940. The fraction of sp³-hybridized carbons (Fsp3) is 0.737. The molecule has 6 aliphatic heterocycles. The number of ether oxygens (including phenoxy) is 8. The molecule has 2 aromatic rings. The van der Waals surface area contributed by atoms with Crippen molar-refractivity contribution in [1.82, 2.24) is 0 Å². The van der Waals surface area contributed by atoms with Crippen LogP contribution < -0.4 is 10.4 Å². The highest BCUT2D eigenvalue weighted by molar-refractivity contribution is 6.99. The van der Waals surface area contributed by atoms with Crippen LogP contribution in [0.2, 0.25) is 5.04 Å². The van der Waals surface area contributed by atoms with Gasteiger partial charge in [-0.2, -0.15) is 0 Å². The van der Waals surface area contributed by atoms with Gasteiger partial charge < -0.3 is 42.3 Å². The second kappa shape index (κ2) is 21.0. The Morgan fingerprint density at radius 3 is 2.10 bits per heavy atom. The molecular weight excluding hydrogens is 873 g/mol. The van der Waals surface area contributed by atoms with E-state index in [9.17, 15) is 4.79 Å². The number of hydrogen-bond donors (Lipinski definition) is 0. The van der Waals surface area contributed by atoms with E-state index in [0.29, 0.717) is 38.4 Å². The number of fused-ring (bicyclic) bond motifs is 3. The van der Waals surface area contributed by atoms with E-state index in [1.807, 2.05) is 13.8 Å². The molecule has 0 N–H and O–H groups in total. The first-order chi connectivity index (χ1) is 32.6. The first kappa shape index (κ1) is 50.6. The molecule has 1 spiro atoms. The Labute approximate surface area is 409 Å². The molecule has 7 aliphatic rings. The summed E-state index contributed by atoms with van der Waals surface area (Å²) in [6, 6.07) is 21.6. The van der Waals surface area contributed by atoms with E-state index in [0.717, 1.165) is 76.2 Å². The predicted molar refractivity (Wildman–Crippen MR) is 266 cm³/mol. The van der Waals surface area contributed by atoms with Gasteiger partial charge in [-0.05, 0) is 91.1 Å². The highest BCUT2D eigenvalue weighted by Crippen LogP contribution is 2.49. The highest BCUT2D eigenvalue weighted by atomic mass is 28.4. The normalized spacial score (nSPS) is 37.0. The molecule has 6 saturated heterocycles. The van der Waals surface area contributed by atoms with Crippen molar-refractivity contribution in [3.05, 3.63) is 72.8 Å². The Hall–Kier alpha value is -2.29. The fourth-order valence-electron chi connectivity index (χ4n) is 13.3. The minimum atomic E-state index is -2.85. The number of Topliss-reactive ketones (excluding diaryl/α,β-unsaturated/α-hetero) is 1. The van der Waals surface area contributed by atoms with Gasteiger partial charge in [-0.25, -0.2) is 0 Å². The quantitative estimate of drug-likeness (QED) is 0.119. The third kappa shape index (κ3) is 10.7. The zero-order valence-corrected chi connectivity index (χ0v) is 43.7. The Kier molecular flexibility index (Phi) is 15.7. The molecule has 10 nitrogen and oxygen atoms in total. The predicted octanol–water partition coefficient (Wildman–Crippen LogP) is 10.2. The van der Waals surface area contributed by atoms with Gasteiger partial charge in [0.05, 0.1) is 55.9 Å². The van der Waals surface area contributed by atoms with Crippen LogP contribution in [0.1, 0.15) is 152 Å². The van der Waals surface area contributed by atoms with E-state index >= 15 is 0 Å². The Morgan fingerprint density at radius 2 is 1.46 bits per heavy atom. The van der Waals surface area contributed by atoms with E-state index in [4.69, 9.17) is 42.3 Å². The smallest absolute Gasteiger partial charge is 0.261 e. The summed E-state index contributed by atoms with van der Waals surface area (Å²) in [5, 5.41) is 2.31. The maximum Gasteiger partial charge on any atom is 0.261 e. The average Bonchev–Trinajstić information content (AvgIpc) is 3.96. The molecule has 0 bridgehead atoms. The Morgan fingerprint density at radius 1 is 0.765 bits per heavy atom. The van der Waals surface area contributed by atoms with Crippen LogP contribution in [-0.4, -0.2) is 106 Å². The minimum absolute atomic E-state index is 0.0401. The van der Waals surface area contributed by atoms with Crippen LogP contribution in [0.25, 0.3) is 0 Å². The summed E-state index contributed by atoms with van der Waals surface area (Å²) >= 11 is 0. The van der Waals surface area contributed by atoms with E-state index in [-0.39, 0.29) is 89.8 Å². The second-order valence-corrected chi connectivity index (χ2v) is 27.6. The molecule has 0 amide bonds. The van der Waals surface area contributed by atoms with Crippen molar-refractivity contribution >= 4 is 24.5 Å². The third-order valence-electron chi connectivity index (χ3n) is 17.0. The number of hydrogen-bond acceptors (Lipinski definition) is 10. The van der Waals surface area contributed by atoms with Gasteiger partial charge in [-0.3, -0.25) is 4.79 Å². The molecule has 68 heavy (non-hydrogen) atoms. The van der Waals surface area contributed by atoms with Crippen molar-refractivity contribution in [2.45, 2.75) is 235 Å². The first-order valence-corrected chi connectivity index (χ1v) is 28.7. The summed E-state index contributed by atoms with van der Waals surface area (Å²) in [6.07, 6.45) is 11.3. The van der Waals surface area contributed by atoms with Gasteiger partial charge in [0.15, 0.2) is 11.6 Å². The van der Waals surface area contributed by atoms with Crippen molar-refractivity contribution in [1.29, 1.82) is 0 Å². The number of unbranched alkanes of at least 4 members (excludes halogenated alkanes) is 1. The van der Waals surface area contributed by atoms with Gasteiger partial charge in [0, 0.05) is 38.5 Å². The molecule has 0 aromatic heterocycles. The standard InChI is InChI=1S/C57H84O10Si/c1-10-11-21-41-30-37(2)38(3)49(61-41)34-50-46(39(4)48(64-50)33-43-35-59-56(8,9)65-43)32-40(58)31-42-26-27-47-52(62-42)54-53(66-57(67-54)28-19-14-20-29-57)51(63-47)36-60-68(55(5,6)7,44-22-15-12-16-23-44)45-24-17-13-18-25-45/h12-13,15-18,22-25,37,39,41-43,46-54H,3,10-11,14,19-21,26-36H2,1-2,4-9H3/t37-,39-,41+,42?,43+,46-,47+,48-,49?,50+,51+,52+,53-,54+/m1/s1. The fourth-order valence-corrected chi connectivity index (χ4v) is 17.9. The van der Waals surface area contributed by atoms with E-state index in [1.54, 1.807) is 0 Å². The maximum atomic E-state index is 14.5. The first-order valence-electron chi connectivity index (χ1n) is 26.8. The van der Waals surface area contributed by atoms with Crippen molar-refractivity contribution in [3.63, 3.8) is 0 Å². The minimum Gasteiger partial charge on any atom is -0.405 e. The molecule has 2 unspecified atom stereocenters. The zero-order valence-electron chi connectivity index (χ0n) is 42.7. The van der Waals surface area contributed by atoms with Crippen LogP contribution >= 0.6 is 0 Å². The summed E-state index contributed by atoms with van der Waals surface area (Å²) in [7, 11) is -2.85. The van der Waals surface area contributed by atoms with E-state index in [2.05, 4.69) is 109 Å². The summed E-state index contributed by atoms with van der Waals surface area (Å²) in [5.74, 6) is -0.449. The molecule has 1 saturated carbocycles. The second-order valence-electron chi connectivity index (χ2n) is 23.3. The lowest BCUT2D eigenvalue weighted by atomic mass is 9.79. The lowest BCUT2D eigenvalue weighted by Gasteiger charge is -2.48. The van der Waals surface area contributed by atoms with Crippen molar-refractivity contribution in [2.24, 2.45) is 17.8 Å². The summed E-state index contributed by atoms with van der Waals surface area (Å²) in [6.45, 7) is 23.1. The van der Waals surface area contributed by atoms with Gasteiger partial charge in [-0.1, -0.05) is 128 Å². The number of benzene rings is 2. The van der Waals surface area contributed by atoms with Gasteiger partial charge in [0.2, 0.25) is 0 Å². The van der Waals surface area contributed by atoms with Crippen molar-refractivity contribution in [3.8, 4) is 0 Å². The number of rotatable bonds is 16. The number of ketones is 1. The molecule has 2 aromatic carbocycles. The lowest BCUT2D eigenvalue weighted by Crippen LogP contribution is -2.68. The Balaban J connectivity index is 0.902. The zero-order chi connectivity index (χ0) is 47.8. The van der Waals surface area contributed by atoms with E-state index in [1.165, 1.54) is 16.8 Å². The highest BCUT2D eigenvalue weighted by Gasteiger charge is 2.61. The van der Waals surface area contributed by atoms with E-state index < -0.39 is 19.9 Å². The molecule has 11 heteroatoms. The SMILES string of the molecule is C=C1C(C[C@@H]2O[C@H](C[C@H]3COC(C)(C)O3)[C@H](C)[C@H]2CC(=O)CC2CC[C@@H]3O[C@@H](CO[Si](c4ccccc4)(c4ccccc4)C(C)(C)C)[C@H]4OC5(CCCCC5)O[C@H]4[C@H]3O2)O[C@@H](CCCC)C[C@H]1C. The molecule has 376 valence electrons. The van der Waals surface area contributed by atoms with Crippen LogP contribution in [0.15, 0.2) is 72.8 Å². The van der Waals surface area contributed by atoms with Gasteiger partial charge in [0.1, 0.15) is 30.2 Å². The number of carbonyl (C=O) groups is 1. The molecule has 14 atom stereocenters. The van der Waals surface area contributed by atoms with Gasteiger partial charge >= 0.3 is 0 Å². The van der Waals surface area contributed by atoms with Gasteiger partial charge in [0.25, 0.3) is 8.32 Å². The molecule has 1 aliphatic carbocycles. The third-order valence-corrected chi connectivity index (χ3v) is 22.0. The van der Waals surface area contributed by atoms with Crippen molar-refractivity contribution in [2.75, 3.05) is 13.2 Å². The van der Waals surface area contributed by atoms with Crippen LogP contribution in [0.4, 0.5) is 0 Å². The number of carbonyl (C=O) groups excluding carboxylic acids is 1. The lowest BCUT2D eigenvalue weighted by molar-refractivity contribution is -0.243. The molecule has 0 radical (unpaired) electrons. The topological polar surface area (TPSA) is 100 Å². The largest absolute Gasteiger partial charge is 0.405 e. The summed E-state index contributed by atoms with van der Waals surface area (Å²) in [4.78, 5) is 14.5. The van der Waals surface area contributed by atoms with Gasteiger partial charge in [-0.15, -0.1) is 0 Å². The van der Waals surface area contributed by atoms with Crippen LogP contribution in [0.5, 0.6) is 0 Å². The molecule has 7 fully saturated rings. The van der Waals surface area contributed by atoms with Crippen molar-refractivity contribution < 1.29 is 47.1 Å². The monoisotopic (exact) mass is 957 g/mol. The summed E-state index contributed by atoms with van der Waals surface area (Å²) < 4.78 is 62.0.